The molecule has 23 heavy (non-hydrogen) atoms. The average Bonchev–Trinajstić information content (AvgIpc) is 2.91. The molecule has 0 saturated carbocycles. The maximum absolute atomic E-state index is 14.0. The summed E-state index contributed by atoms with van der Waals surface area (Å²) in [4.78, 5) is 11.7. The van der Waals surface area contributed by atoms with Gasteiger partial charge in [-0.25, -0.2) is 13.6 Å². The third kappa shape index (κ3) is 3.55. The number of nitrogens with one attached hydrogen (secondary N) is 1. The summed E-state index contributed by atoms with van der Waals surface area (Å²) >= 11 is 0. The monoisotopic (exact) mass is 337 g/mol. The van der Waals surface area contributed by atoms with Crippen molar-refractivity contribution >= 4 is 5.97 Å². The fraction of sp³-hybridized carbons (Fsp3) is 0.250. The number of hydrogen-bond donors (Lipinski definition) is 1. The van der Waals surface area contributed by atoms with Crippen molar-refractivity contribution < 1.29 is 36.2 Å². The smallest absolute Gasteiger partial charge is 0.461 e. The minimum Gasteiger partial charge on any atom is -0.461 e. The van der Waals surface area contributed by atoms with Gasteiger partial charge >= 0.3 is 12.3 Å². The van der Waals surface area contributed by atoms with E-state index < -0.39 is 46.7 Å². The van der Waals surface area contributed by atoms with Crippen molar-refractivity contribution in [1.29, 1.82) is 0 Å². The molecule has 0 aliphatic heterocycles. The number of benzene rings is 1. The summed E-state index contributed by atoms with van der Waals surface area (Å²) in [5.41, 5.74) is -2.28. The molecule has 2 rings (SSSR count). The van der Waals surface area contributed by atoms with Crippen molar-refractivity contribution in [3.8, 4) is 17.0 Å². The quantitative estimate of drug-likeness (QED) is 0.686. The Bertz CT molecular complexity index is 729. The third-order valence-corrected chi connectivity index (χ3v) is 2.54. The highest BCUT2D eigenvalue weighted by Crippen LogP contribution is 2.37. The van der Waals surface area contributed by atoms with E-state index in [4.69, 9.17) is 0 Å². The second-order valence-electron chi connectivity index (χ2n) is 4.02. The SMILES string of the molecule is CCOC(=O)c1n[nH]nc1-c1c(OC(F)(F)F)ccc(F)c1F. The highest BCUT2D eigenvalue weighted by molar-refractivity contribution is 5.94. The Morgan fingerprint density at radius 2 is 1.96 bits per heavy atom. The Morgan fingerprint density at radius 1 is 1.26 bits per heavy atom. The van der Waals surface area contributed by atoms with Crippen LogP contribution in [0.5, 0.6) is 5.75 Å². The second kappa shape index (κ2) is 6.18. The summed E-state index contributed by atoms with van der Waals surface area (Å²) in [6, 6.07) is 1.01. The zero-order valence-electron chi connectivity index (χ0n) is 11.4. The van der Waals surface area contributed by atoms with E-state index in [-0.39, 0.29) is 6.61 Å². The van der Waals surface area contributed by atoms with Gasteiger partial charge < -0.3 is 9.47 Å². The summed E-state index contributed by atoms with van der Waals surface area (Å²) in [5.74, 6) is -5.27. The summed E-state index contributed by atoms with van der Waals surface area (Å²) in [6.07, 6.45) is -5.16. The van der Waals surface area contributed by atoms with Crippen LogP contribution in [0, 0.1) is 11.6 Å². The molecule has 11 heteroatoms. The molecule has 1 aromatic heterocycles. The zero-order valence-corrected chi connectivity index (χ0v) is 11.4. The van der Waals surface area contributed by atoms with E-state index >= 15 is 0 Å². The number of esters is 1. The number of alkyl halides is 3. The van der Waals surface area contributed by atoms with Crippen molar-refractivity contribution in [1.82, 2.24) is 15.4 Å². The molecule has 0 spiro atoms. The predicted octanol–water partition coefficient (Wildman–Crippen LogP) is 2.83. The van der Waals surface area contributed by atoms with Gasteiger partial charge in [-0.05, 0) is 19.1 Å². The van der Waals surface area contributed by atoms with E-state index in [1.54, 1.807) is 0 Å². The van der Waals surface area contributed by atoms with Crippen LogP contribution in [0.1, 0.15) is 17.4 Å². The number of aromatic amines is 1. The van der Waals surface area contributed by atoms with Crippen LogP contribution in [0.2, 0.25) is 0 Å². The van der Waals surface area contributed by atoms with Crippen LogP contribution in [0.25, 0.3) is 11.3 Å². The summed E-state index contributed by atoms with van der Waals surface area (Å²) in [6.45, 7) is 1.40. The average molecular weight is 337 g/mol. The van der Waals surface area contributed by atoms with E-state index in [9.17, 15) is 26.7 Å². The van der Waals surface area contributed by atoms with E-state index in [0.717, 1.165) is 0 Å². The lowest BCUT2D eigenvalue weighted by molar-refractivity contribution is -0.274. The molecule has 124 valence electrons. The Hall–Kier alpha value is -2.72. The van der Waals surface area contributed by atoms with Gasteiger partial charge in [0.1, 0.15) is 11.4 Å². The van der Waals surface area contributed by atoms with Crippen LogP contribution >= 0.6 is 0 Å². The van der Waals surface area contributed by atoms with Gasteiger partial charge in [0.15, 0.2) is 17.3 Å². The number of carbonyl (C=O) groups is 1. The van der Waals surface area contributed by atoms with E-state index in [2.05, 4.69) is 19.7 Å². The summed E-state index contributed by atoms with van der Waals surface area (Å²) < 4.78 is 72.8. The van der Waals surface area contributed by atoms with Crippen LogP contribution in [-0.2, 0) is 4.74 Å². The molecule has 0 fully saturated rings. The largest absolute Gasteiger partial charge is 0.573 e. The molecule has 0 aliphatic rings. The fourth-order valence-corrected chi connectivity index (χ4v) is 1.71. The van der Waals surface area contributed by atoms with Crippen molar-refractivity contribution in [2.24, 2.45) is 0 Å². The number of H-pyrrole nitrogens is 1. The maximum atomic E-state index is 14.0. The lowest BCUT2D eigenvalue weighted by Crippen LogP contribution is -2.18. The number of carbonyl (C=O) groups excluding carboxylic acids is 1. The maximum Gasteiger partial charge on any atom is 0.573 e. The highest BCUT2D eigenvalue weighted by Gasteiger charge is 2.35. The van der Waals surface area contributed by atoms with Crippen molar-refractivity contribution in [2.45, 2.75) is 13.3 Å². The van der Waals surface area contributed by atoms with Crippen LogP contribution < -0.4 is 4.74 Å². The first kappa shape index (κ1) is 16.6. The first-order chi connectivity index (χ1) is 10.7. The van der Waals surface area contributed by atoms with Gasteiger partial charge in [0.25, 0.3) is 0 Å². The Morgan fingerprint density at radius 3 is 2.57 bits per heavy atom. The van der Waals surface area contributed by atoms with Crippen LogP contribution in [0.4, 0.5) is 22.0 Å². The molecular weight excluding hydrogens is 329 g/mol. The first-order valence-electron chi connectivity index (χ1n) is 6.06. The third-order valence-electron chi connectivity index (χ3n) is 2.54. The molecule has 0 bridgehead atoms. The van der Waals surface area contributed by atoms with Crippen LogP contribution in [0.15, 0.2) is 12.1 Å². The van der Waals surface area contributed by atoms with Gasteiger partial charge in [0.2, 0.25) is 0 Å². The molecule has 0 amide bonds. The molecule has 0 aliphatic carbocycles. The molecule has 2 aromatic rings. The molecule has 1 N–H and O–H groups in total. The Kier molecular flexibility index (Phi) is 4.48. The van der Waals surface area contributed by atoms with E-state index in [0.29, 0.717) is 12.1 Å². The highest BCUT2D eigenvalue weighted by atomic mass is 19.4. The molecular formula is C12H8F5N3O3. The molecule has 0 radical (unpaired) electrons. The van der Waals surface area contributed by atoms with Gasteiger partial charge in [0.05, 0.1) is 12.2 Å². The molecule has 1 heterocycles. The van der Waals surface area contributed by atoms with E-state index in [1.807, 2.05) is 5.21 Å². The van der Waals surface area contributed by atoms with E-state index in [1.165, 1.54) is 6.92 Å². The van der Waals surface area contributed by atoms with Crippen LogP contribution in [0.3, 0.4) is 0 Å². The van der Waals surface area contributed by atoms with Gasteiger partial charge in [-0.3, -0.25) is 0 Å². The molecule has 6 nitrogen and oxygen atoms in total. The zero-order chi connectivity index (χ0) is 17.2. The summed E-state index contributed by atoms with van der Waals surface area (Å²) in [5, 5.41) is 8.72. The van der Waals surface area contributed by atoms with Crippen molar-refractivity contribution in [2.75, 3.05) is 6.61 Å². The lowest BCUT2D eigenvalue weighted by atomic mass is 10.1. The fourth-order valence-electron chi connectivity index (χ4n) is 1.71. The first-order valence-corrected chi connectivity index (χ1v) is 6.06. The number of aromatic nitrogens is 3. The Labute approximate surface area is 125 Å². The summed E-state index contributed by atoms with van der Waals surface area (Å²) in [7, 11) is 0. The molecule has 0 atom stereocenters. The number of rotatable bonds is 4. The van der Waals surface area contributed by atoms with Crippen LogP contribution in [-0.4, -0.2) is 34.3 Å². The molecule has 0 unspecified atom stereocenters. The second-order valence-corrected chi connectivity index (χ2v) is 4.02. The van der Waals surface area contributed by atoms with Crippen molar-refractivity contribution in [3.63, 3.8) is 0 Å². The number of hydrogen-bond acceptors (Lipinski definition) is 5. The topological polar surface area (TPSA) is 77.1 Å². The Balaban J connectivity index is 2.61. The minimum atomic E-state index is -5.16. The van der Waals surface area contributed by atoms with Gasteiger partial charge in [-0.2, -0.15) is 10.3 Å². The normalized spacial score (nSPS) is 11.4. The van der Waals surface area contributed by atoms with Gasteiger partial charge in [-0.1, -0.05) is 0 Å². The molecule has 0 saturated heterocycles. The minimum absolute atomic E-state index is 0.0668. The standard InChI is InChI=1S/C12H8F5N3O3/c1-2-22-11(21)10-9(18-20-19-10)7-6(23-12(15,16)17)4-3-5(13)8(7)14/h3-4H,2H2,1H3,(H,18,19,20). The van der Waals surface area contributed by atoms with Gasteiger partial charge in [0, 0.05) is 0 Å². The number of ether oxygens (including phenoxy) is 2. The lowest BCUT2D eigenvalue weighted by Gasteiger charge is -2.13. The number of halogens is 5. The molecule has 1 aromatic carbocycles. The van der Waals surface area contributed by atoms with Gasteiger partial charge in [-0.15, -0.1) is 18.3 Å². The predicted molar refractivity (Wildman–Crippen MR) is 64.4 cm³/mol. The van der Waals surface area contributed by atoms with Crippen molar-refractivity contribution in [3.05, 3.63) is 29.5 Å². The number of nitrogens with zero attached hydrogens (tertiary/aromatic N) is 2.